The lowest BCUT2D eigenvalue weighted by Crippen LogP contribution is -2.41. The van der Waals surface area contributed by atoms with Gasteiger partial charge in [-0.05, 0) is 101 Å². The van der Waals surface area contributed by atoms with Crippen molar-refractivity contribution >= 4 is 50.2 Å². The van der Waals surface area contributed by atoms with Crippen molar-refractivity contribution in [1.29, 1.82) is 0 Å². The molecule has 68 heavy (non-hydrogen) atoms. The molecule has 3 aromatic heterocycles. The lowest BCUT2D eigenvalue weighted by Gasteiger charge is -2.39. The molecule has 0 radical (unpaired) electrons. The van der Waals surface area contributed by atoms with Crippen LogP contribution in [0, 0.1) is 11.8 Å². The maximum absolute atomic E-state index is 14.7. The maximum atomic E-state index is 14.7. The van der Waals surface area contributed by atoms with Crippen LogP contribution in [0.5, 0.6) is 11.5 Å². The quantitative estimate of drug-likeness (QED) is 0.0338. The van der Waals surface area contributed by atoms with Crippen LogP contribution in [-0.2, 0) is 43.7 Å². The van der Waals surface area contributed by atoms with Gasteiger partial charge in [-0.15, -0.1) is 0 Å². The third-order valence-corrected chi connectivity index (χ3v) is 14.5. The maximum Gasteiger partial charge on any atom is 0.459 e. The van der Waals surface area contributed by atoms with Gasteiger partial charge in [-0.25, -0.2) is 28.9 Å². The lowest BCUT2D eigenvalue weighted by atomic mass is 9.76. The van der Waals surface area contributed by atoms with E-state index < -0.39 is 57.4 Å². The number of nitrogens with one attached hydrogen (secondary N) is 2. The molecular weight excluding hydrogens is 919 g/mol. The number of nitrogen functional groups attached to an aromatic ring is 2. The van der Waals surface area contributed by atoms with Gasteiger partial charge in [0, 0.05) is 18.0 Å². The van der Waals surface area contributed by atoms with Gasteiger partial charge in [0.25, 0.3) is 0 Å². The van der Waals surface area contributed by atoms with Crippen LogP contribution in [0.2, 0.25) is 0 Å². The van der Waals surface area contributed by atoms with Gasteiger partial charge in [0.15, 0.2) is 11.5 Å². The summed E-state index contributed by atoms with van der Waals surface area (Å²) in [5.41, 5.74) is 14.1. The minimum atomic E-state index is -4.35. The summed E-state index contributed by atoms with van der Waals surface area (Å²) in [6.07, 6.45) is 4.50. The summed E-state index contributed by atoms with van der Waals surface area (Å²) in [4.78, 5) is 55.5. The van der Waals surface area contributed by atoms with Gasteiger partial charge >= 0.3 is 33.1 Å². The highest BCUT2D eigenvalue weighted by Crippen LogP contribution is 2.51. The zero-order valence-corrected chi connectivity index (χ0v) is 40.1. The van der Waals surface area contributed by atoms with Crippen molar-refractivity contribution in [2.24, 2.45) is 11.8 Å². The number of benzene rings is 2. The third kappa shape index (κ3) is 11.9. The van der Waals surface area contributed by atoms with E-state index in [0.717, 1.165) is 5.57 Å². The molecule has 5 aromatic rings. The second-order valence-corrected chi connectivity index (χ2v) is 20.5. The van der Waals surface area contributed by atoms with E-state index in [-0.39, 0.29) is 66.7 Å². The smallest absolute Gasteiger partial charge is 0.459 e. The Kier molecular flexibility index (Phi) is 15.3. The summed E-state index contributed by atoms with van der Waals surface area (Å²) >= 11 is 0. The first-order chi connectivity index (χ1) is 32.3. The normalized spacial score (nSPS) is 20.7. The molecule has 362 valence electrons. The number of carbonyl (C=O) groups is 2. The molecule has 21 nitrogen and oxygen atoms in total. The summed E-state index contributed by atoms with van der Waals surface area (Å²) in [5.74, 6) is -1.27. The minimum Gasteiger partial charge on any atom is -0.462 e. The van der Waals surface area contributed by atoms with E-state index >= 15 is 0 Å². The van der Waals surface area contributed by atoms with Crippen LogP contribution in [0.3, 0.4) is 0 Å². The Balaban J connectivity index is 1.05. The average Bonchev–Trinajstić information content (AvgIpc) is 3.70. The summed E-state index contributed by atoms with van der Waals surface area (Å²) in [5, 5.41) is 5.54. The summed E-state index contributed by atoms with van der Waals surface area (Å²) in [6, 6.07) is 13.2. The Hall–Kier alpha value is -6.21. The molecule has 0 aliphatic heterocycles. The zero-order chi connectivity index (χ0) is 48.9. The van der Waals surface area contributed by atoms with Gasteiger partial charge in [-0.3, -0.25) is 23.2 Å². The van der Waals surface area contributed by atoms with E-state index in [1.54, 1.807) is 82.7 Å². The lowest BCUT2D eigenvalue weighted by molar-refractivity contribution is -0.150. The van der Waals surface area contributed by atoms with Gasteiger partial charge in [0.1, 0.15) is 41.2 Å². The summed E-state index contributed by atoms with van der Waals surface area (Å²) < 4.78 is 67.3. The number of nitrogens with two attached hydrogens (primary N) is 2. The molecule has 0 amide bonds. The molecule has 6 N–H and O–H groups in total. The van der Waals surface area contributed by atoms with E-state index in [2.05, 4.69) is 43.3 Å². The molecule has 0 spiro atoms. The minimum absolute atomic E-state index is 0.0666. The van der Waals surface area contributed by atoms with Crippen molar-refractivity contribution in [1.82, 2.24) is 39.2 Å². The number of hydrogen-bond acceptors (Lipinski definition) is 17. The first kappa shape index (κ1) is 49.7. The number of hydrogen-bond donors (Lipinski definition) is 4. The van der Waals surface area contributed by atoms with Gasteiger partial charge in [-0.1, -0.05) is 43.5 Å². The van der Waals surface area contributed by atoms with E-state index in [9.17, 15) is 23.5 Å². The number of rotatable bonds is 22. The topological polar surface area (TPSA) is 278 Å². The molecule has 23 heteroatoms. The number of esters is 2. The fourth-order valence-corrected chi connectivity index (χ4v) is 10.7. The largest absolute Gasteiger partial charge is 0.462 e. The number of ether oxygens (including phenoxy) is 2. The van der Waals surface area contributed by atoms with E-state index in [1.165, 1.54) is 36.0 Å². The van der Waals surface area contributed by atoms with Gasteiger partial charge < -0.3 is 34.6 Å². The van der Waals surface area contributed by atoms with Crippen molar-refractivity contribution in [3.05, 3.63) is 120 Å². The molecule has 0 bridgehead atoms. The number of fused-ring (bicyclic) bond motifs is 1. The number of imidazole rings is 1. The predicted molar refractivity (Wildman–Crippen MR) is 252 cm³/mol. The Morgan fingerprint density at radius 1 is 0.765 bits per heavy atom. The van der Waals surface area contributed by atoms with Gasteiger partial charge in [0.2, 0.25) is 0 Å². The first-order valence-corrected chi connectivity index (χ1v) is 25.0. The molecule has 8 atom stereocenters. The van der Waals surface area contributed by atoms with Crippen molar-refractivity contribution < 1.29 is 46.3 Å². The molecule has 2 aromatic carbocycles. The number of anilines is 2. The number of aromatic nitrogens is 6. The first-order valence-electron chi connectivity index (χ1n) is 21.9. The number of nitrogens with zero attached hydrogens (tertiary/aromatic N) is 6. The van der Waals surface area contributed by atoms with Crippen LogP contribution in [0.1, 0.15) is 65.1 Å². The highest BCUT2D eigenvalue weighted by atomic mass is 31.2. The van der Waals surface area contributed by atoms with Crippen molar-refractivity contribution in [2.45, 2.75) is 90.3 Å². The molecule has 2 saturated carbocycles. The fourth-order valence-electron chi connectivity index (χ4n) is 7.61. The third-order valence-electron chi connectivity index (χ3n) is 11.3. The molecule has 2 unspecified atom stereocenters. The fraction of sp³-hybridized carbons (Fsp3) is 0.400. The van der Waals surface area contributed by atoms with Crippen molar-refractivity contribution in [3.63, 3.8) is 0 Å². The van der Waals surface area contributed by atoms with Crippen LogP contribution in [0.15, 0.2) is 109 Å². The van der Waals surface area contributed by atoms with E-state index in [1.807, 2.05) is 4.57 Å². The molecule has 2 aliphatic carbocycles. The molecular formula is C45H56N10O11P2. The van der Waals surface area contributed by atoms with Crippen molar-refractivity contribution in [2.75, 3.05) is 24.7 Å². The van der Waals surface area contributed by atoms with Crippen LogP contribution in [0.4, 0.5) is 11.6 Å². The van der Waals surface area contributed by atoms with Crippen LogP contribution < -0.4 is 36.4 Å². The van der Waals surface area contributed by atoms with Crippen LogP contribution >= 0.6 is 15.5 Å². The highest BCUT2D eigenvalue weighted by Gasteiger charge is 2.42. The zero-order valence-electron chi connectivity index (χ0n) is 38.3. The molecule has 0 saturated heterocycles. The van der Waals surface area contributed by atoms with Gasteiger partial charge in [0.05, 0.1) is 43.8 Å². The Morgan fingerprint density at radius 2 is 1.34 bits per heavy atom. The second kappa shape index (κ2) is 21.0. The second-order valence-electron chi connectivity index (χ2n) is 17.1. The van der Waals surface area contributed by atoms with Gasteiger partial charge in [-0.2, -0.15) is 15.2 Å². The molecule has 7 rings (SSSR count). The molecule has 3 heterocycles. The predicted octanol–water partition coefficient (Wildman–Crippen LogP) is 6.27. The van der Waals surface area contributed by atoms with Crippen LogP contribution in [-0.4, -0.2) is 78.5 Å². The van der Waals surface area contributed by atoms with Crippen LogP contribution in [0.25, 0.3) is 11.2 Å². The summed E-state index contributed by atoms with van der Waals surface area (Å²) in [7, 11) is -8.65. The SMILES string of the molecule is C=C1[C@H](COP(=O)(N[C@@H](Cc2ccc(OP(=O)(N[C@@H](C)C(=O)OC(C)C)OC[C@@H]3C[C@H](n4cnc5c(N)ncnc54)C3=C)cc2)C(=O)OC(C)C)Oc2ccccc2)C[C@@H]1n1ccc(N)nc1=O. The summed E-state index contributed by atoms with van der Waals surface area (Å²) in [6.45, 7) is 16.4. The average molecular weight is 975 g/mol. The van der Waals surface area contributed by atoms with Crippen molar-refractivity contribution in [3.8, 4) is 11.5 Å². The molecule has 2 fully saturated rings. The molecule has 2 aliphatic rings. The Labute approximate surface area is 392 Å². The Bertz CT molecular complexity index is 2800. The van der Waals surface area contributed by atoms with E-state index in [4.69, 9.17) is 39.0 Å². The van der Waals surface area contributed by atoms with E-state index in [0.29, 0.717) is 35.1 Å². The highest BCUT2D eigenvalue weighted by molar-refractivity contribution is 7.52. The monoisotopic (exact) mass is 974 g/mol. The Morgan fingerprint density at radius 3 is 1.93 bits per heavy atom. The number of para-hydroxylation sites is 1. The standard InChI is InChI=1S/C45H56N10O11P2/c1-26(2)63-43(56)30(7)52-67(59,61-22-33-21-38(29(33)6)55-25-50-40-41(47)48-24-49-42(40)55)66-35-15-13-31(14-16-35)19-36(44(57)64-27(3)4)53-68(60,65-34-11-9-8-10-12-34)62-23-32-20-37(28(32)5)54-18-17-39(46)51-45(54)58/h8-18,24-27,30,32-33,36-38H,5-6,19-23H2,1-4,7H3,(H,52,59)(H,53,60)(H2,46,51,58)(H2,47,48,49)/t30-,32-,33-,36-,37-,38-,67?,68?/m0/s1. The number of carbonyl (C=O) groups excluding carboxylic acids is 2.